The van der Waals surface area contributed by atoms with Crippen LogP contribution in [-0.4, -0.2) is 72.5 Å². The van der Waals surface area contributed by atoms with Gasteiger partial charge in [0.05, 0.1) is 43.2 Å². The van der Waals surface area contributed by atoms with Gasteiger partial charge in [-0.25, -0.2) is 17.7 Å². The summed E-state index contributed by atoms with van der Waals surface area (Å²) >= 11 is 0. The van der Waals surface area contributed by atoms with Crippen molar-refractivity contribution in [1.82, 2.24) is 19.1 Å². The molecule has 0 spiro atoms. The molecule has 1 aromatic carbocycles. The number of hydrogen-bond acceptors (Lipinski definition) is 7. The summed E-state index contributed by atoms with van der Waals surface area (Å²) in [5.41, 5.74) is 2.20. The zero-order valence-electron chi connectivity index (χ0n) is 20.8. The van der Waals surface area contributed by atoms with E-state index in [-0.39, 0.29) is 80.9 Å². The van der Waals surface area contributed by atoms with Crippen LogP contribution in [0.1, 0.15) is 0 Å². The monoisotopic (exact) mass is 551 g/mol. The maximum atomic E-state index is 13.0. The summed E-state index contributed by atoms with van der Waals surface area (Å²) in [5, 5.41) is 5.29. The fourth-order valence-electron chi connectivity index (χ4n) is 4.09. The number of rotatable bonds is 6. The van der Waals surface area contributed by atoms with E-state index < -0.39 is 15.8 Å². The van der Waals surface area contributed by atoms with Crippen molar-refractivity contribution in [2.45, 2.75) is 6.10 Å². The molecule has 11 nitrogen and oxygen atoms in total. The first-order valence-electron chi connectivity index (χ1n) is 11.1. The zero-order valence-corrected chi connectivity index (χ0v) is 24.7. The molecule has 37 heavy (non-hydrogen) atoms. The van der Waals surface area contributed by atoms with E-state index in [0.717, 1.165) is 15.4 Å². The van der Waals surface area contributed by atoms with Gasteiger partial charge in [-0.1, -0.05) is 36.4 Å². The summed E-state index contributed by atoms with van der Waals surface area (Å²) in [5.74, 6) is 0. The summed E-state index contributed by atoms with van der Waals surface area (Å²) in [6, 6.07) is 12.3. The number of aryl methyl sites for hydroxylation is 1. The Morgan fingerprint density at radius 3 is 2.62 bits per heavy atom. The van der Waals surface area contributed by atoms with Crippen molar-refractivity contribution in [3.63, 3.8) is 0 Å². The molecule has 3 aliphatic rings. The molecule has 1 saturated heterocycles. The van der Waals surface area contributed by atoms with Crippen LogP contribution in [-0.2, 0) is 26.7 Å². The fraction of sp³-hybridized carbons (Fsp3) is 0.292. The number of ether oxygens (including phenoxy) is 2. The summed E-state index contributed by atoms with van der Waals surface area (Å²) < 4.78 is 43.8. The Morgan fingerprint density at radius 2 is 1.92 bits per heavy atom. The maximum Gasteiger partial charge on any atom is 1.00 e. The van der Waals surface area contributed by atoms with E-state index in [1.165, 1.54) is 13.1 Å². The third-order valence-corrected chi connectivity index (χ3v) is 7.24. The van der Waals surface area contributed by atoms with Gasteiger partial charge in [-0.15, -0.1) is 5.69 Å². The fourth-order valence-corrected chi connectivity index (χ4v) is 4.98. The number of nitrogens with zero attached hydrogens (tertiary/aromatic N) is 5. The van der Waals surface area contributed by atoms with Gasteiger partial charge in [0.25, 0.3) is 5.56 Å². The van der Waals surface area contributed by atoms with Crippen molar-refractivity contribution < 1.29 is 74.8 Å². The molecule has 1 fully saturated rings. The summed E-state index contributed by atoms with van der Waals surface area (Å²) in [4.78, 5) is 17.3. The molecule has 1 aromatic heterocycles. The molecule has 190 valence electrons. The average Bonchev–Trinajstić information content (AvgIpc) is 3.19. The largest absolute Gasteiger partial charge is 1.00 e. The molecule has 0 saturated carbocycles. The first kappa shape index (κ1) is 29.8. The third kappa shape index (κ3) is 6.45. The Bertz CT molecular complexity index is 1520. The Balaban J connectivity index is 0.00000190. The minimum absolute atomic E-state index is 0. The molecule has 0 radical (unpaired) electrons. The number of hydrogen-bond donors (Lipinski definition) is 0. The van der Waals surface area contributed by atoms with E-state index >= 15 is 0 Å². The van der Waals surface area contributed by atoms with Gasteiger partial charge in [-0.2, -0.15) is 5.10 Å². The van der Waals surface area contributed by atoms with Gasteiger partial charge in [-0.05, 0) is 17.0 Å². The Morgan fingerprint density at radius 1 is 1.14 bits per heavy atom. The van der Waals surface area contributed by atoms with Gasteiger partial charge in [-0.3, -0.25) is 9.48 Å². The van der Waals surface area contributed by atoms with E-state index in [2.05, 4.69) is 14.8 Å². The van der Waals surface area contributed by atoms with Crippen molar-refractivity contribution in [2.24, 2.45) is 7.05 Å². The molecule has 0 unspecified atom stereocenters. The van der Waals surface area contributed by atoms with E-state index in [1.807, 2.05) is 25.4 Å². The van der Waals surface area contributed by atoms with Gasteiger partial charge in [0, 0.05) is 38.0 Å². The molecular formula is C24H26KN5O6S. The second kappa shape index (κ2) is 12.4. The number of fused-ring (bicyclic) bond motifs is 3. The predicted octanol–water partition coefficient (Wildman–Crippen LogP) is -1.12. The van der Waals surface area contributed by atoms with Gasteiger partial charge < -0.3 is 19.7 Å². The van der Waals surface area contributed by atoms with E-state index in [4.69, 9.17) is 9.47 Å². The van der Waals surface area contributed by atoms with Gasteiger partial charge >= 0.3 is 51.4 Å². The quantitative estimate of drug-likeness (QED) is 0.276. The molecular weight excluding hydrogens is 525 g/mol. The van der Waals surface area contributed by atoms with Crippen LogP contribution in [0.4, 0.5) is 5.69 Å². The van der Waals surface area contributed by atoms with Crippen LogP contribution in [0.2, 0.25) is 0 Å². The van der Waals surface area contributed by atoms with Crippen LogP contribution >= 0.6 is 0 Å². The van der Waals surface area contributed by atoms with E-state index in [1.54, 1.807) is 35.1 Å². The van der Waals surface area contributed by atoms with E-state index in [9.17, 15) is 13.2 Å². The van der Waals surface area contributed by atoms with Crippen molar-refractivity contribution >= 4 is 26.7 Å². The molecule has 1 aliphatic carbocycles. The molecule has 3 heterocycles. The van der Waals surface area contributed by atoms with Crippen molar-refractivity contribution in [1.29, 1.82) is 0 Å². The molecule has 0 bridgehead atoms. The molecule has 0 amide bonds. The topological polar surface area (TPSA) is 149 Å². The van der Waals surface area contributed by atoms with E-state index in [0.29, 0.717) is 36.2 Å². The minimum Gasteiger partial charge on any atom is -0.562 e. The van der Waals surface area contributed by atoms with Crippen LogP contribution in [0.25, 0.3) is 37.9 Å². The summed E-state index contributed by atoms with van der Waals surface area (Å²) in [6.45, 7) is 1.32. The molecule has 13 heteroatoms. The normalized spacial score (nSPS) is 15.8. The van der Waals surface area contributed by atoms with Crippen molar-refractivity contribution in [2.75, 3.05) is 33.4 Å². The SMILES string of the molecule is CN(C[C@@H]1COCCO1)S(=O)(=O)[N-]c1ccccc2c3ccc(-c4cnn(C)c4)cc3c(=O)nc1-2.O.[K+]. The first-order valence-corrected chi connectivity index (χ1v) is 12.5. The van der Waals surface area contributed by atoms with Gasteiger partial charge in [0.2, 0.25) is 0 Å². The number of benzene rings is 1. The predicted molar refractivity (Wildman–Crippen MR) is 136 cm³/mol. The van der Waals surface area contributed by atoms with Crippen LogP contribution < -0.4 is 56.9 Å². The second-order valence-corrected chi connectivity index (χ2v) is 10.1. The maximum absolute atomic E-state index is 13.0. The van der Waals surface area contributed by atoms with Crippen LogP contribution in [0.3, 0.4) is 0 Å². The Labute approximate surface area is 257 Å². The van der Waals surface area contributed by atoms with Crippen LogP contribution in [0, 0.1) is 0 Å². The summed E-state index contributed by atoms with van der Waals surface area (Å²) in [7, 11) is -0.811. The summed E-state index contributed by atoms with van der Waals surface area (Å²) in [6.07, 6.45) is 3.22. The molecule has 1 atom stereocenters. The van der Waals surface area contributed by atoms with Crippen LogP contribution in [0.5, 0.6) is 0 Å². The standard InChI is InChI=1S/C24H25N5O5S.K.H2O/c1-28-13-17(12-25-28)16-7-8-19-20-5-3-4-6-22(23(20)26-24(30)21(19)11-16)27-35(31,32)29(2)14-18-15-33-9-10-34-18;;/h3-8,11-13,18H,9-10,14-15H2,1-2H3,(H,26,27,30);;1H2/q;+1;/p-1/t18-;;/m1../s1. The third-order valence-electron chi connectivity index (χ3n) is 5.87. The average molecular weight is 552 g/mol. The number of likely N-dealkylation sites (N-methyl/N-ethyl adjacent to an activating group) is 1. The van der Waals surface area contributed by atoms with Crippen molar-refractivity contribution in [3.05, 3.63) is 69.9 Å². The Hall–Kier alpha value is -1.78. The second-order valence-electron chi connectivity index (χ2n) is 8.36. The molecule has 2 N–H and O–H groups in total. The number of pyridine rings is 1. The van der Waals surface area contributed by atoms with Gasteiger partial charge in [0.1, 0.15) is 0 Å². The number of aromatic nitrogens is 3. The zero-order chi connectivity index (χ0) is 24.6. The first-order chi connectivity index (χ1) is 16.8. The van der Waals surface area contributed by atoms with Crippen molar-refractivity contribution in [3.8, 4) is 22.4 Å². The molecule has 5 rings (SSSR count). The minimum atomic E-state index is -4.07. The molecule has 2 aliphatic heterocycles. The molecule has 2 aromatic rings. The smallest absolute Gasteiger partial charge is 0.562 e. The van der Waals surface area contributed by atoms with Crippen LogP contribution in [0.15, 0.2) is 59.7 Å². The van der Waals surface area contributed by atoms with Gasteiger partial charge in [0.15, 0.2) is 10.2 Å². The Kier molecular flexibility index (Phi) is 9.96.